The lowest BCUT2D eigenvalue weighted by molar-refractivity contribution is -0.119. The monoisotopic (exact) mass is 423 g/mol. The molecule has 11 heteroatoms. The first-order chi connectivity index (χ1) is 13.8. The highest BCUT2D eigenvalue weighted by atomic mass is 32.2. The third-order valence-corrected chi connectivity index (χ3v) is 6.28. The zero-order valence-electron chi connectivity index (χ0n) is 16.0. The van der Waals surface area contributed by atoms with Crippen LogP contribution >= 0.6 is 0 Å². The molecule has 0 aliphatic carbocycles. The van der Waals surface area contributed by atoms with Crippen LogP contribution in [-0.4, -0.2) is 62.7 Å². The minimum absolute atomic E-state index is 0.0244. The molecule has 0 atom stereocenters. The van der Waals surface area contributed by atoms with Crippen molar-refractivity contribution in [3.63, 3.8) is 0 Å². The summed E-state index contributed by atoms with van der Waals surface area (Å²) in [6.45, 7) is 3.90. The third-order valence-electron chi connectivity index (χ3n) is 4.24. The van der Waals surface area contributed by atoms with Gasteiger partial charge < -0.3 is 19.3 Å². The van der Waals surface area contributed by atoms with Gasteiger partial charge in [-0.3, -0.25) is 4.79 Å². The molecule has 2 aromatic rings. The number of ether oxygens (including phenoxy) is 2. The summed E-state index contributed by atoms with van der Waals surface area (Å²) in [7, 11) is -3.77. The largest absolute Gasteiger partial charge is 0.452 e. The summed E-state index contributed by atoms with van der Waals surface area (Å²) in [6, 6.07) is 5.76. The molecule has 2 heterocycles. The van der Waals surface area contributed by atoms with Gasteiger partial charge in [-0.25, -0.2) is 13.2 Å². The second-order valence-electron chi connectivity index (χ2n) is 6.44. The number of esters is 1. The molecule has 0 bridgehead atoms. The summed E-state index contributed by atoms with van der Waals surface area (Å²) >= 11 is 0. The number of aromatic nitrogens is 1. The highest BCUT2D eigenvalue weighted by Crippen LogP contribution is 2.22. The van der Waals surface area contributed by atoms with E-state index in [0.717, 1.165) is 0 Å². The molecule has 1 saturated heterocycles. The number of hydrogen-bond donors (Lipinski definition) is 1. The minimum Gasteiger partial charge on any atom is -0.452 e. The van der Waals surface area contributed by atoms with E-state index in [0.29, 0.717) is 24.5 Å². The van der Waals surface area contributed by atoms with Gasteiger partial charge in [-0.05, 0) is 31.5 Å². The molecule has 0 unspecified atom stereocenters. The number of amides is 1. The molecule has 1 aliphatic rings. The van der Waals surface area contributed by atoms with Crippen LogP contribution in [0.3, 0.4) is 0 Å². The maximum absolute atomic E-state index is 12.9. The Kier molecular flexibility index (Phi) is 6.30. The minimum atomic E-state index is -3.77. The molecule has 1 N–H and O–H groups in total. The average molecular weight is 423 g/mol. The van der Waals surface area contributed by atoms with Crippen molar-refractivity contribution in [2.75, 3.05) is 38.2 Å². The van der Waals surface area contributed by atoms with Crippen molar-refractivity contribution >= 4 is 27.7 Å². The van der Waals surface area contributed by atoms with Gasteiger partial charge in [-0.1, -0.05) is 11.2 Å². The van der Waals surface area contributed by atoms with Crippen LogP contribution in [0.4, 0.5) is 5.82 Å². The van der Waals surface area contributed by atoms with Crippen molar-refractivity contribution in [3.8, 4) is 0 Å². The van der Waals surface area contributed by atoms with Crippen LogP contribution < -0.4 is 5.32 Å². The molecule has 0 radical (unpaired) electrons. The van der Waals surface area contributed by atoms with Gasteiger partial charge in [0, 0.05) is 19.2 Å². The standard InChI is InChI=1S/C18H21N3O7S/c1-12-3-4-14(10-15(12)29(24,25)21-5-7-26-8-6-21)18(23)27-11-17(22)19-16-9-13(2)28-20-16/h3-4,9-10H,5-8,11H2,1-2H3,(H,19,20,22). The van der Waals surface area contributed by atoms with Crippen LogP contribution in [-0.2, 0) is 24.3 Å². The number of aryl methyl sites for hydroxylation is 2. The lowest BCUT2D eigenvalue weighted by Crippen LogP contribution is -2.40. The van der Waals surface area contributed by atoms with Crippen molar-refractivity contribution < 1.29 is 32.0 Å². The van der Waals surface area contributed by atoms with Crippen LogP contribution in [0, 0.1) is 13.8 Å². The van der Waals surface area contributed by atoms with E-state index < -0.39 is 28.5 Å². The smallest absolute Gasteiger partial charge is 0.338 e. The second-order valence-corrected chi connectivity index (χ2v) is 8.35. The highest BCUT2D eigenvalue weighted by Gasteiger charge is 2.28. The molecule has 3 rings (SSSR count). The molecule has 10 nitrogen and oxygen atoms in total. The van der Waals surface area contributed by atoms with Crippen LogP contribution in [0.1, 0.15) is 21.7 Å². The maximum Gasteiger partial charge on any atom is 0.338 e. The Morgan fingerprint density at radius 2 is 1.93 bits per heavy atom. The van der Waals surface area contributed by atoms with Crippen molar-refractivity contribution in [3.05, 3.63) is 41.2 Å². The predicted molar refractivity (Wildman–Crippen MR) is 101 cm³/mol. The van der Waals surface area contributed by atoms with E-state index in [1.807, 2.05) is 0 Å². The number of benzene rings is 1. The van der Waals surface area contributed by atoms with E-state index in [1.165, 1.54) is 28.6 Å². The number of nitrogens with zero attached hydrogens (tertiary/aromatic N) is 2. The summed E-state index contributed by atoms with van der Waals surface area (Å²) in [4.78, 5) is 24.2. The highest BCUT2D eigenvalue weighted by molar-refractivity contribution is 7.89. The SMILES string of the molecule is Cc1cc(NC(=O)COC(=O)c2ccc(C)c(S(=O)(=O)N3CCOCC3)c2)no1. The average Bonchev–Trinajstić information content (AvgIpc) is 3.11. The van der Waals surface area contributed by atoms with Gasteiger partial charge in [-0.15, -0.1) is 0 Å². The number of carbonyl (C=O) groups excluding carboxylic acids is 2. The van der Waals surface area contributed by atoms with Gasteiger partial charge in [0.2, 0.25) is 10.0 Å². The Morgan fingerprint density at radius 1 is 1.21 bits per heavy atom. The summed E-state index contributed by atoms with van der Waals surface area (Å²) < 4.78 is 42.1. The summed E-state index contributed by atoms with van der Waals surface area (Å²) in [6.07, 6.45) is 0. The predicted octanol–water partition coefficient (Wildman–Crippen LogP) is 1.11. The topological polar surface area (TPSA) is 128 Å². The number of hydrogen-bond acceptors (Lipinski definition) is 8. The zero-order valence-corrected chi connectivity index (χ0v) is 16.8. The van der Waals surface area contributed by atoms with Gasteiger partial charge in [0.1, 0.15) is 5.76 Å². The van der Waals surface area contributed by atoms with Crippen LogP contribution in [0.25, 0.3) is 0 Å². The molecular formula is C18H21N3O7S. The number of carbonyl (C=O) groups is 2. The normalized spacial score (nSPS) is 15.1. The molecule has 29 heavy (non-hydrogen) atoms. The Labute approximate surface area is 167 Å². The lowest BCUT2D eigenvalue weighted by atomic mass is 10.1. The van der Waals surface area contributed by atoms with E-state index in [2.05, 4.69) is 10.5 Å². The van der Waals surface area contributed by atoms with E-state index in [1.54, 1.807) is 13.8 Å². The molecule has 1 aromatic heterocycles. The van der Waals surface area contributed by atoms with Crippen LogP contribution in [0.5, 0.6) is 0 Å². The van der Waals surface area contributed by atoms with Crippen LogP contribution in [0.2, 0.25) is 0 Å². The fourth-order valence-electron chi connectivity index (χ4n) is 2.75. The molecule has 156 valence electrons. The molecule has 0 saturated carbocycles. The second kappa shape index (κ2) is 8.72. The summed E-state index contributed by atoms with van der Waals surface area (Å²) in [5.74, 6) is -0.682. The van der Waals surface area contributed by atoms with Gasteiger partial charge in [-0.2, -0.15) is 4.31 Å². The van der Waals surface area contributed by atoms with Crippen LogP contribution in [0.15, 0.2) is 33.7 Å². The third kappa shape index (κ3) is 5.00. The van der Waals surface area contributed by atoms with Gasteiger partial charge >= 0.3 is 5.97 Å². The quantitative estimate of drug-likeness (QED) is 0.684. The van der Waals surface area contributed by atoms with Crippen molar-refractivity contribution in [1.29, 1.82) is 0 Å². The van der Waals surface area contributed by atoms with Gasteiger partial charge in [0.15, 0.2) is 12.4 Å². The molecule has 1 aliphatic heterocycles. The summed E-state index contributed by atoms with van der Waals surface area (Å²) in [5, 5.41) is 6.03. The number of anilines is 1. The maximum atomic E-state index is 12.9. The number of nitrogens with one attached hydrogen (secondary N) is 1. The molecule has 0 spiro atoms. The van der Waals surface area contributed by atoms with E-state index >= 15 is 0 Å². The Bertz CT molecular complexity index is 1010. The Morgan fingerprint density at radius 3 is 2.59 bits per heavy atom. The fourth-order valence-corrected chi connectivity index (χ4v) is 4.41. The first-order valence-electron chi connectivity index (χ1n) is 8.86. The van der Waals surface area contributed by atoms with Gasteiger partial charge in [0.25, 0.3) is 5.91 Å². The summed E-state index contributed by atoms with van der Waals surface area (Å²) in [5.41, 5.74) is 0.541. The zero-order chi connectivity index (χ0) is 21.0. The number of rotatable bonds is 6. The molecule has 1 amide bonds. The van der Waals surface area contributed by atoms with E-state index in [9.17, 15) is 18.0 Å². The van der Waals surface area contributed by atoms with E-state index in [4.69, 9.17) is 14.0 Å². The lowest BCUT2D eigenvalue weighted by Gasteiger charge is -2.26. The Balaban J connectivity index is 1.68. The number of sulfonamides is 1. The Hall–Kier alpha value is -2.76. The fraction of sp³-hybridized carbons (Fsp3) is 0.389. The molecule has 1 fully saturated rings. The van der Waals surface area contributed by atoms with Crippen molar-refractivity contribution in [2.45, 2.75) is 18.7 Å². The molecule has 1 aromatic carbocycles. The van der Waals surface area contributed by atoms with Crippen molar-refractivity contribution in [2.24, 2.45) is 0 Å². The number of morpholine rings is 1. The van der Waals surface area contributed by atoms with Gasteiger partial charge in [0.05, 0.1) is 23.7 Å². The van der Waals surface area contributed by atoms with E-state index in [-0.39, 0.29) is 29.4 Å². The first kappa shape index (κ1) is 21.0. The molecular weight excluding hydrogens is 402 g/mol. The van der Waals surface area contributed by atoms with Crippen molar-refractivity contribution in [1.82, 2.24) is 9.46 Å². The first-order valence-corrected chi connectivity index (χ1v) is 10.3.